The molecule has 2 amide bonds. The number of anilines is 2. The average molecular weight is 724 g/mol. The van der Waals surface area contributed by atoms with Crippen molar-refractivity contribution < 1.29 is 62.2 Å². The molecule has 0 bridgehead atoms. The molecule has 11 nitrogen and oxygen atoms in total. The SMILES string of the molecule is CC(C)(C)OC(=O)Nc1ccc2c(c1)N(S(=O)(=O)c1cccc(C(F)(F)F)c1)C[C@H](CC(=O)NS(=O)(=O)c1ccccc1C(F)(F)F)O2. The molecule has 1 atom stereocenters. The Morgan fingerprint density at radius 2 is 1.56 bits per heavy atom. The molecule has 0 fully saturated rings. The zero-order chi connectivity index (χ0) is 35.9. The van der Waals surface area contributed by atoms with Crippen molar-refractivity contribution >= 4 is 43.4 Å². The summed E-state index contributed by atoms with van der Waals surface area (Å²) in [5.41, 5.74) is -4.01. The summed E-state index contributed by atoms with van der Waals surface area (Å²) in [5.74, 6) is -1.62. The maximum absolute atomic E-state index is 13.8. The number of ether oxygens (including phenoxy) is 2. The van der Waals surface area contributed by atoms with Crippen LogP contribution in [0.3, 0.4) is 0 Å². The minimum Gasteiger partial charge on any atom is -0.486 e. The Kier molecular flexibility index (Phi) is 9.71. The van der Waals surface area contributed by atoms with Crippen LogP contribution in [0.4, 0.5) is 42.5 Å². The Labute approximate surface area is 270 Å². The zero-order valence-corrected chi connectivity index (χ0v) is 26.8. The summed E-state index contributed by atoms with van der Waals surface area (Å²) in [6.45, 7) is 4.00. The topological polar surface area (TPSA) is 148 Å². The fourth-order valence-corrected chi connectivity index (χ4v) is 7.26. The number of nitrogens with zero attached hydrogens (tertiary/aromatic N) is 1. The van der Waals surface area contributed by atoms with Gasteiger partial charge in [-0.1, -0.05) is 18.2 Å². The number of carbonyl (C=O) groups is 2. The van der Waals surface area contributed by atoms with Crippen molar-refractivity contribution in [3.63, 3.8) is 0 Å². The molecule has 0 unspecified atom stereocenters. The predicted molar refractivity (Wildman–Crippen MR) is 158 cm³/mol. The molecule has 2 N–H and O–H groups in total. The molecule has 0 aliphatic carbocycles. The van der Waals surface area contributed by atoms with Crippen molar-refractivity contribution in [2.45, 2.75) is 61.0 Å². The van der Waals surface area contributed by atoms with Crippen molar-refractivity contribution in [1.29, 1.82) is 0 Å². The van der Waals surface area contributed by atoms with E-state index in [9.17, 15) is 52.8 Å². The number of carbonyl (C=O) groups excluding carboxylic acids is 2. The van der Waals surface area contributed by atoms with Crippen molar-refractivity contribution in [1.82, 2.24) is 4.72 Å². The molecule has 1 aliphatic rings. The lowest BCUT2D eigenvalue weighted by Crippen LogP contribution is -2.46. The van der Waals surface area contributed by atoms with Gasteiger partial charge < -0.3 is 9.47 Å². The van der Waals surface area contributed by atoms with Gasteiger partial charge in [0.15, 0.2) is 0 Å². The first kappa shape index (κ1) is 36.3. The predicted octanol–water partition coefficient (Wildman–Crippen LogP) is 5.92. The quantitative estimate of drug-likeness (QED) is 0.286. The van der Waals surface area contributed by atoms with Crippen molar-refractivity contribution in [2.75, 3.05) is 16.2 Å². The smallest absolute Gasteiger partial charge is 0.417 e. The van der Waals surface area contributed by atoms with Crippen molar-refractivity contribution in [3.8, 4) is 5.75 Å². The minimum absolute atomic E-state index is 0.0125. The Bertz CT molecular complexity index is 1940. The monoisotopic (exact) mass is 723 g/mol. The van der Waals surface area contributed by atoms with Gasteiger partial charge >= 0.3 is 18.4 Å². The highest BCUT2D eigenvalue weighted by molar-refractivity contribution is 7.92. The van der Waals surface area contributed by atoms with Gasteiger partial charge in [0.1, 0.15) is 17.5 Å². The Balaban J connectivity index is 1.68. The van der Waals surface area contributed by atoms with Crippen LogP contribution in [-0.2, 0) is 41.9 Å². The van der Waals surface area contributed by atoms with Crippen molar-refractivity contribution in [3.05, 3.63) is 77.9 Å². The summed E-state index contributed by atoms with van der Waals surface area (Å²) >= 11 is 0. The lowest BCUT2D eigenvalue weighted by molar-refractivity contribution is -0.140. The molecule has 0 saturated carbocycles. The van der Waals surface area contributed by atoms with Gasteiger partial charge in [0.2, 0.25) is 5.91 Å². The van der Waals surface area contributed by atoms with Gasteiger partial charge in [0.25, 0.3) is 20.0 Å². The average Bonchev–Trinajstić information content (AvgIpc) is 2.94. The van der Waals surface area contributed by atoms with Gasteiger partial charge in [0, 0.05) is 5.69 Å². The third kappa shape index (κ3) is 8.49. The number of rotatable bonds is 7. The third-order valence-electron chi connectivity index (χ3n) is 6.43. The van der Waals surface area contributed by atoms with E-state index >= 15 is 0 Å². The number of amides is 2. The van der Waals surface area contributed by atoms with Crippen LogP contribution in [0.2, 0.25) is 0 Å². The second-order valence-electron chi connectivity index (χ2n) is 11.3. The summed E-state index contributed by atoms with van der Waals surface area (Å²) in [6, 6.07) is 9.47. The van der Waals surface area contributed by atoms with Crippen LogP contribution in [0.25, 0.3) is 0 Å². The molecule has 0 aromatic heterocycles. The largest absolute Gasteiger partial charge is 0.486 e. The number of benzene rings is 3. The first-order valence-electron chi connectivity index (χ1n) is 13.7. The molecule has 0 radical (unpaired) electrons. The van der Waals surface area contributed by atoms with Crippen LogP contribution in [0.5, 0.6) is 5.75 Å². The molecule has 4 rings (SSSR count). The van der Waals surface area contributed by atoms with Gasteiger partial charge in [0.05, 0.1) is 39.6 Å². The van der Waals surface area contributed by atoms with Crippen LogP contribution < -0.4 is 19.1 Å². The first-order chi connectivity index (χ1) is 22.0. The number of hydrogen-bond donors (Lipinski definition) is 2. The summed E-state index contributed by atoms with van der Waals surface area (Å²) in [4.78, 5) is 23.1. The van der Waals surface area contributed by atoms with E-state index in [1.54, 1.807) is 20.8 Å². The van der Waals surface area contributed by atoms with Crippen LogP contribution in [0.1, 0.15) is 38.3 Å². The summed E-state index contributed by atoms with van der Waals surface area (Å²) in [7, 11) is -9.95. The number of hydrogen-bond acceptors (Lipinski definition) is 8. The molecule has 0 spiro atoms. The molecule has 0 saturated heterocycles. The normalized spacial score (nSPS) is 15.6. The maximum Gasteiger partial charge on any atom is 0.417 e. The van der Waals surface area contributed by atoms with E-state index in [1.807, 2.05) is 0 Å². The highest BCUT2D eigenvalue weighted by Gasteiger charge is 2.40. The van der Waals surface area contributed by atoms with E-state index in [0.717, 1.165) is 30.3 Å². The molecule has 3 aromatic rings. The zero-order valence-electron chi connectivity index (χ0n) is 25.1. The number of alkyl halides is 6. The number of nitrogens with one attached hydrogen (secondary N) is 2. The highest BCUT2D eigenvalue weighted by atomic mass is 32.2. The van der Waals surface area contributed by atoms with Gasteiger partial charge in [-0.05, 0) is 69.3 Å². The van der Waals surface area contributed by atoms with Crippen molar-refractivity contribution in [2.24, 2.45) is 0 Å². The Morgan fingerprint density at radius 3 is 2.19 bits per heavy atom. The van der Waals surface area contributed by atoms with Crippen LogP contribution in [0.15, 0.2) is 76.5 Å². The molecule has 1 aliphatic heterocycles. The van der Waals surface area contributed by atoms with E-state index < -0.39 is 90.0 Å². The maximum atomic E-state index is 13.8. The fraction of sp³-hybridized carbons (Fsp3) is 0.310. The lowest BCUT2D eigenvalue weighted by atomic mass is 10.1. The molecule has 19 heteroatoms. The van der Waals surface area contributed by atoms with E-state index in [0.29, 0.717) is 28.6 Å². The molecule has 1 heterocycles. The second-order valence-corrected chi connectivity index (χ2v) is 14.9. The lowest BCUT2D eigenvalue weighted by Gasteiger charge is -2.35. The summed E-state index contributed by atoms with van der Waals surface area (Å²) < 4.78 is 147. The van der Waals surface area contributed by atoms with Gasteiger partial charge in [-0.15, -0.1) is 0 Å². The van der Waals surface area contributed by atoms with Gasteiger partial charge in [-0.25, -0.2) is 26.4 Å². The third-order valence-corrected chi connectivity index (χ3v) is 9.64. The molecule has 48 heavy (non-hydrogen) atoms. The molecule has 260 valence electrons. The molecular weight excluding hydrogens is 696 g/mol. The number of sulfonamides is 2. The minimum atomic E-state index is -5.08. The fourth-order valence-electron chi connectivity index (χ4n) is 4.49. The summed E-state index contributed by atoms with van der Waals surface area (Å²) in [6.07, 6.45) is -13.3. The number of halogens is 6. The highest BCUT2D eigenvalue weighted by Crippen LogP contribution is 2.41. The second kappa shape index (κ2) is 12.8. The molecular formula is C29H27F6N3O8S2. The van der Waals surface area contributed by atoms with Gasteiger partial charge in [-0.2, -0.15) is 26.3 Å². The van der Waals surface area contributed by atoms with Crippen LogP contribution in [-0.4, -0.2) is 47.1 Å². The summed E-state index contributed by atoms with van der Waals surface area (Å²) in [5, 5.41) is 2.39. The van der Waals surface area contributed by atoms with Gasteiger partial charge in [-0.3, -0.25) is 14.4 Å². The standard InChI is InChI=1S/C29H27F6N3O8S2/c1-27(2,3)46-26(40)36-18-11-12-23-22(14-18)38(48(43,44)20-8-6-7-17(13-20)28(30,31)32)16-19(45-23)15-25(39)37-47(41,42)24-10-5-4-9-21(24)29(33,34)35/h4-14,19H,15-16H2,1-3H3,(H,36,40)(H,37,39)/t19-/m0/s1. The number of fused-ring (bicyclic) bond motifs is 1. The Morgan fingerprint density at radius 1 is 0.896 bits per heavy atom. The first-order valence-corrected chi connectivity index (χ1v) is 16.6. The molecule has 3 aromatic carbocycles. The van der Waals surface area contributed by atoms with E-state index in [1.165, 1.54) is 16.9 Å². The van der Waals surface area contributed by atoms with E-state index in [-0.39, 0.29) is 17.1 Å². The van der Waals surface area contributed by atoms with E-state index in [4.69, 9.17) is 9.47 Å². The van der Waals surface area contributed by atoms with E-state index in [2.05, 4.69) is 5.32 Å². The van der Waals surface area contributed by atoms with Crippen LogP contribution >= 0.6 is 0 Å². The van der Waals surface area contributed by atoms with Crippen LogP contribution in [0, 0.1) is 0 Å². The Hall–Kier alpha value is -4.52.